The van der Waals surface area contributed by atoms with Crippen LogP contribution in [0.2, 0.25) is 0 Å². The predicted octanol–water partition coefficient (Wildman–Crippen LogP) is 3.60. The summed E-state index contributed by atoms with van der Waals surface area (Å²) in [5.74, 6) is 0.164. The second kappa shape index (κ2) is 6.11. The van der Waals surface area contributed by atoms with Crippen LogP contribution in [0.4, 0.5) is 4.79 Å². The van der Waals surface area contributed by atoms with Gasteiger partial charge in [0.25, 0.3) is 0 Å². The number of nitrogens with zero attached hydrogens (tertiary/aromatic N) is 1. The summed E-state index contributed by atoms with van der Waals surface area (Å²) < 4.78 is 5.56. The number of hydrogen-bond donors (Lipinski definition) is 0. The van der Waals surface area contributed by atoms with E-state index in [4.69, 9.17) is 4.74 Å². The molecule has 0 bridgehead atoms. The molecular weight excluding hydrogens is 302 g/mol. The third-order valence-electron chi connectivity index (χ3n) is 4.85. The van der Waals surface area contributed by atoms with E-state index in [0.29, 0.717) is 19.6 Å². The number of rotatable bonds is 2. The number of ether oxygens (including phenoxy) is 1. The van der Waals surface area contributed by atoms with Gasteiger partial charge in [-0.15, -0.1) is 0 Å². The molecule has 1 saturated heterocycles. The number of ketones is 1. The van der Waals surface area contributed by atoms with Crippen molar-refractivity contribution in [2.75, 3.05) is 19.7 Å². The summed E-state index contributed by atoms with van der Waals surface area (Å²) in [6.45, 7) is 1.08. The first-order valence-corrected chi connectivity index (χ1v) is 8.35. The zero-order valence-electron chi connectivity index (χ0n) is 13.4. The van der Waals surface area contributed by atoms with Gasteiger partial charge in [0.2, 0.25) is 0 Å². The summed E-state index contributed by atoms with van der Waals surface area (Å²) >= 11 is 0. The van der Waals surface area contributed by atoms with Crippen molar-refractivity contribution >= 4 is 11.9 Å². The summed E-state index contributed by atoms with van der Waals surface area (Å²) in [7, 11) is 0. The highest BCUT2D eigenvalue weighted by atomic mass is 16.6. The van der Waals surface area contributed by atoms with Gasteiger partial charge >= 0.3 is 6.09 Å². The molecule has 1 fully saturated rings. The standard InChI is InChI=1S/C20H19NO3/c22-14-6-5-11-21(12-14)20(23)24-13-19-17-9-3-1-7-15(17)16-8-2-4-10-18(16)19/h1-4,7-10,19H,5-6,11-13H2. The van der Waals surface area contributed by atoms with Crippen LogP contribution in [0.3, 0.4) is 0 Å². The van der Waals surface area contributed by atoms with Gasteiger partial charge in [-0.2, -0.15) is 0 Å². The Bertz CT molecular complexity index is 753. The lowest BCUT2D eigenvalue weighted by Gasteiger charge is -2.25. The highest BCUT2D eigenvalue weighted by molar-refractivity contribution is 5.85. The number of benzene rings is 2. The number of amides is 1. The van der Waals surface area contributed by atoms with E-state index >= 15 is 0 Å². The number of piperidine rings is 1. The van der Waals surface area contributed by atoms with Gasteiger partial charge in [0.05, 0.1) is 6.54 Å². The normalized spacial score (nSPS) is 16.7. The van der Waals surface area contributed by atoms with Crippen molar-refractivity contribution in [2.45, 2.75) is 18.8 Å². The highest BCUT2D eigenvalue weighted by Crippen LogP contribution is 2.44. The van der Waals surface area contributed by atoms with Crippen LogP contribution in [-0.4, -0.2) is 36.5 Å². The number of hydrogen-bond acceptors (Lipinski definition) is 3. The third-order valence-corrected chi connectivity index (χ3v) is 4.85. The molecule has 4 rings (SSSR count). The van der Waals surface area contributed by atoms with Crippen LogP contribution in [0.15, 0.2) is 48.5 Å². The molecule has 0 unspecified atom stereocenters. The zero-order valence-corrected chi connectivity index (χ0v) is 13.4. The van der Waals surface area contributed by atoms with Crippen molar-refractivity contribution in [3.63, 3.8) is 0 Å². The Morgan fingerprint density at radius 1 is 1.04 bits per heavy atom. The van der Waals surface area contributed by atoms with Crippen LogP contribution in [-0.2, 0) is 9.53 Å². The topological polar surface area (TPSA) is 46.6 Å². The molecular formula is C20H19NO3. The van der Waals surface area contributed by atoms with Crippen LogP contribution >= 0.6 is 0 Å². The van der Waals surface area contributed by atoms with Crippen LogP contribution in [0.25, 0.3) is 11.1 Å². The lowest BCUT2D eigenvalue weighted by atomic mass is 9.98. The molecule has 0 atom stereocenters. The fraction of sp³-hybridized carbons (Fsp3) is 0.300. The lowest BCUT2D eigenvalue weighted by molar-refractivity contribution is -0.121. The molecule has 0 saturated carbocycles. The zero-order chi connectivity index (χ0) is 16.5. The number of carbonyl (C=O) groups is 2. The Hall–Kier alpha value is -2.62. The molecule has 1 heterocycles. The molecule has 0 spiro atoms. The first kappa shape index (κ1) is 14.9. The molecule has 2 aliphatic rings. The third kappa shape index (κ3) is 2.58. The molecule has 0 radical (unpaired) electrons. The van der Waals surface area contributed by atoms with Crippen LogP contribution in [0.5, 0.6) is 0 Å². The Balaban J connectivity index is 1.52. The van der Waals surface area contributed by atoms with Gasteiger partial charge in [-0.1, -0.05) is 48.5 Å². The summed E-state index contributed by atoms with van der Waals surface area (Å²) in [6.07, 6.45) is 0.904. The summed E-state index contributed by atoms with van der Waals surface area (Å²) in [6, 6.07) is 16.5. The number of Topliss-reactive ketones (excluding diaryl/α,β-unsaturated/α-hetero) is 1. The molecule has 1 amide bonds. The average molecular weight is 321 g/mol. The second-order valence-corrected chi connectivity index (χ2v) is 6.37. The predicted molar refractivity (Wildman–Crippen MR) is 90.9 cm³/mol. The van der Waals surface area contributed by atoms with Crippen molar-refractivity contribution < 1.29 is 14.3 Å². The molecule has 4 heteroatoms. The Kier molecular flexibility index (Phi) is 3.81. The molecule has 4 nitrogen and oxygen atoms in total. The first-order chi connectivity index (χ1) is 11.7. The molecule has 24 heavy (non-hydrogen) atoms. The van der Waals surface area contributed by atoms with E-state index in [0.717, 1.165) is 6.42 Å². The largest absolute Gasteiger partial charge is 0.448 e. The van der Waals surface area contributed by atoms with E-state index in [1.165, 1.54) is 27.2 Å². The second-order valence-electron chi connectivity index (χ2n) is 6.37. The molecule has 2 aromatic carbocycles. The molecule has 0 aromatic heterocycles. The van der Waals surface area contributed by atoms with Gasteiger partial charge in [-0.05, 0) is 28.7 Å². The summed E-state index contributed by atoms with van der Waals surface area (Å²) in [5.41, 5.74) is 4.81. The smallest absolute Gasteiger partial charge is 0.410 e. The maximum Gasteiger partial charge on any atom is 0.410 e. The average Bonchev–Trinajstić information content (AvgIpc) is 2.94. The van der Waals surface area contributed by atoms with Crippen LogP contribution in [0, 0.1) is 0 Å². The number of likely N-dealkylation sites (tertiary alicyclic amines) is 1. The SMILES string of the molecule is O=C1CCCN(C(=O)OCC2c3ccccc3-c3ccccc32)C1. The minimum Gasteiger partial charge on any atom is -0.448 e. The maximum absolute atomic E-state index is 12.3. The monoisotopic (exact) mass is 321 g/mol. The Labute approximate surface area is 141 Å². The van der Waals surface area contributed by atoms with E-state index in [-0.39, 0.29) is 24.3 Å². The molecule has 2 aromatic rings. The van der Waals surface area contributed by atoms with E-state index in [1.54, 1.807) is 0 Å². The van der Waals surface area contributed by atoms with E-state index < -0.39 is 0 Å². The van der Waals surface area contributed by atoms with Gasteiger partial charge in [0, 0.05) is 18.9 Å². The van der Waals surface area contributed by atoms with E-state index in [2.05, 4.69) is 24.3 Å². The van der Waals surface area contributed by atoms with Crippen molar-refractivity contribution in [1.82, 2.24) is 4.90 Å². The minimum atomic E-state index is -0.384. The molecule has 1 aliphatic carbocycles. The summed E-state index contributed by atoms with van der Waals surface area (Å²) in [5, 5.41) is 0. The number of fused-ring (bicyclic) bond motifs is 3. The molecule has 0 N–H and O–H groups in total. The highest BCUT2D eigenvalue weighted by Gasteiger charge is 2.30. The quantitative estimate of drug-likeness (QED) is 0.849. The fourth-order valence-electron chi connectivity index (χ4n) is 3.68. The van der Waals surface area contributed by atoms with E-state index in [9.17, 15) is 9.59 Å². The Morgan fingerprint density at radius 3 is 2.29 bits per heavy atom. The lowest BCUT2D eigenvalue weighted by Crippen LogP contribution is -2.40. The van der Waals surface area contributed by atoms with Gasteiger partial charge in [-0.25, -0.2) is 4.79 Å². The van der Waals surface area contributed by atoms with Crippen LogP contribution in [0.1, 0.15) is 29.9 Å². The summed E-state index contributed by atoms with van der Waals surface area (Å²) in [4.78, 5) is 25.3. The van der Waals surface area contributed by atoms with Crippen LogP contribution < -0.4 is 0 Å². The molecule has 1 aliphatic heterocycles. The van der Waals surface area contributed by atoms with Gasteiger partial charge in [0.15, 0.2) is 5.78 Å². The van der Waals surface area contributed by atoms with E-state index in [1.807, 2.05) is 24.3 Å². The van der Waals surface area contributed by atoms with Crippen molar-refractivity contribution in [3.05, 3.63) is 59.7 Å². The van der Waals surface area contributed by atoms with Gasteiger partial charge in [-0.3, -0.25) is 4.79 Å². The maximum atomic E-state index is 12.3. The van der Waals surface area contributed by atoms with Crippen molar-refractivity contribution in [2.24, 2.45) is 0 Å². The Morgan fingerprint density at radius 2 is 1.67 bits per heavy atom. The van der Waals surface area contributed by atoms with Crippen molar-refractivity contribution in [3.8, 4) is 11.1 Å². The first-order valence-electron chi connectivity index (χ1n) is 8.35. The number of carbonyl (C=O) groups excluding carboxylic acids is 2. The van der Waals surface area contributed by atoms with Gasteiger partial charge < -0.3 is 9.64 Å². The fourth-order valence-corrected chi connectivity index (χ4v) is 3.68. The van der Waals surface area contributed by atoms with Gasteiger partial charge in [0.1, 0.15) is 6.61 Å². The molecule has 122 valence electrons. The minimum absolute atomic E-state index is 0.0573. The van der Waals surface area contributed by atoms with Crippen molar-refractivity contribution in [1.29, 1.82) is 0 Å².